The number of methoxy groups -OCH3 is 1. The summed E-state index contributed by atoms with van der Waals surface area (Å²) < 4.78 is 12.5. The average Bonchev–Trinajstić information content (AvgIpc) is 3.21. The summed E-state index contributed by atoms with van der Waals surface area (Å²) in [5.74, 6) is -0.0147. The van der Waals surface area contributed by atoms with E-state index < -0.39 is 6.10 Å². The molecule has 2 fully saturated rings. The highest BCUT2D eigenvalue weighted by atomic mass is 16.5. The molecule has 0 aromatic carbocycles. The van der Waals surface area contributed by atoms with Gasteiger partial charge in [0, 0.05) is 51.9 Å². The average molecular weight is 413 g/mol. The largest absolute Gasteiger partial charge is 0.382 e. The predicted octanol–water partition coefficient (Wildman–Crippen LogP) is 1.03. The fraction of sp³-hybridized carbons (Fsp3) is 0.524. The van der Waals surface area contributed by atoms with E-state index in [0.717, 1.165) is 18.4 Å². The second kappa shape index (κ2) is 8.93. The number of hydrogen-bond donors (Lipinski definition) is 0. The van der Waals surface area contributed by atoms with Gasteiger partial charge in [0.05, 0.1) is 19.3 Å². The number of ether oxygens (including phenoxy) is 2. The molecule has 2 aliphatic heterocycles. The number of likely N-dealkylation sites (tertiary alicyclic amines) is 2. The predicted molar refractivity (Wildman–Crippen MR) is 108 cm³/mol. The van der Waals surface area contributed by atoms with Crippen molar-refractivity contribution in [2.45, 2.75) is 31.0 Å². The van der Waals surface area contributed by atoms with Gasteiger partial charge in [-0.1, -0.05) is 0 Å². The van der Waals surface area contributed by atoms with Gasteiger partial charge in [-0.3, -0.25) is 19.3 Å². The first kappa shape index (κ1) is 20.5. The summed E-state index contributed by atoms with van der Waals surface area (Å²) in [4.78, 5) is 33.5. The van der Waals surface area contributed by atoms with Crippen LogP contribution < -0.4 is 0 Å². The zero-order valence-electron chi connectivity index (χ0n) is 17.3. The van der Waals surface area contributed by atoms with Gasteiger partial charge in [0.2, 0.25) is 0 Å². The standard InChI is InChI=1S/C21H27N5O4/c1-24-17(5-10-23-24)20(27)25-11-6-16(7-12-25)26-18(15-3-8-22-9-4-15)19(21(26)28)30-14-13-29-2/h3-5,8-10,16,18-19H,6-7,11-14H2,1-2H3. The first-order chi connectivity index (χ1) is 14.6. The highest BCUT2D eigenvalue weighted by Crippen LogP contribution is 2.40. The molecule has 0 aliphatic carbocycles. The van der Waals surface area contributed by atoms with Crippen LogP contribution in [-0.4, -0.2) is 81.9 Å². The lowest BCUT2D eigenvalue weighted by molar-refractivity contribution is -0.183. The molecule has 30 heavy (non-hydrogen) atoms. The molecule has 0 N–H and O–H groups in total. The second-order valence-electron chi connectivity index (χ2n) is 7.62. The molecule has 2 unspecified atom stereocenters. The number of carbonyl (C=O) groups excluding carboxylic acids is 2. The molecule has 0 radical (unpaired) electrons. The molecule has 2 atom stereocenters. The van der Waals surface area contributed by atoms with E-state index in [4.69, 9.17) is 9.47 Å². The Labute approximate surface area is 175 Å². The quantitative estimate of drug-likeness (QED) is 0.498. The number of β-lactam (4-membered cyclic amide) rings is 1. The van der Waals surface area contributed by atoms with Crippen molar-refractivity contribution in [1.82, 2.24) is 24.6 Å². The molecule has 9 heteroatoms. The van der Waals surface area contributed by atoms with Crippen LogP contribution in [0.5, 0.6) is 0 Å². The van der Waals surface area contributed by atoms with E-state index in [2.05, 4.69) is 10.1 Å². The number of aryl methyl sites for hydroxylation is 1. The van der Waals surface area contributed by atoms with E-state index in [-0.39, 0.29) is 23.9 Å². The fourth-order valence-corrected chi connectivity index (χ4v) is 4.30. The smallest absolute Gasteiger partial charge is 0.272 e. The number of piperidine rings is 1. The van der Waals surface area contributed by atoms with Crippen LogP contribution in [0.25, 0.3) is 0 Å². The maximum Gasteiger partial charge on any atom is 0.272 e. The van der Waals surface area contributed by atoms with Crippen molar-refractivity contribution in [2.75, 3.05) is 33.4 Å². The molecule has 9 nitrogen and oxygen atoms in total. The van der Waals surface area contributed by atoms with Crippen molar-refractivity contribution < 1.29 is 19.1 Å². The van der Waals surface area contributed by atoms with Crippen LogP contribution in [0.15, 0.2) is 36.8 Å². The van der Waals surface area contributed by atoms with Gasteiger partial charge in [-0.2, -0.15) is 5.10 Å². The third-order valence-electron chi connectivity index (χ3n) is 5.90. The van der Waals surface area contributed by atoms with Gasteiger partial charge in [-0.05, 0) is 36.6 Å². The normalized spacial score (nSPS) is 22.3. The molecular weight excluding hydrogens is 386 g/mol. The van der Waals surface area contributed by atoms with Crippen molar-refractivity contribution in [1.29, 1.82) is 0 Å². The van der Waals surface area contributed by atoms with Gasteiger partial charge in [0.15, 0.2) is 6.10 Å². The summed E-state index contributed by atoms with van der Waals surface area (Å²) >= 11 is 0. The van der Waals surface area contributed by atoms with E-state index in [1.807, 2.05) is 21.9 Å². The van der Waals surface area contributed by atoms with E-state index in [1.54, 1.807) is 43.5 Å². The summed E-state index contributed by atoms with van der Waals surface area (Å²) in [5.41, 5.74) is 1.59. The van der Waals surface area contributed by atoms with Gasteiger partial charge in [0.25, 0.3) is 11.8 Å². The SMILES string of the molecule is COCCOC1C(=O)N(C2CCN(C(=O)c3ccnn3C)CC2)C1c1ccncc1. The number of hydrogen-bond acceptors (Lipinski definition) is 6. The summed E-state index contributed by atoms with van der Waals surface area (Å²) in [5, 5.41) is 4.08. The minimum Gasteiger partial charge on any atom is -0.382 e. The lowest BCUT2D eigenvalue weighted by atomic mass is 9.86. The Morgan fingerprint density at radius 3 is 2.50 bits per heavy atom. The Morgan fingerprint density at radius 1 is 1.13 bits per heavy atom. The first-order valence-electron chi connectivity index (χ1n) is 10.2. The van der Waals surface area contributed by atoms with E-state index in [9.17, 15) is 9.59 Å². The van der Waals surface area contributed by atoms with Crippen molar-refractivity contribution in [3.05, 3.63) is 48.0 Å². The van der Waals surface area contributed by atoms with Gasteiger partial charge in [-0.15, -0.1) is 0 Å². The number of nitrogens with zero attached hydrogens (tertiary/aromatic N) is 5. The molecule has 2 aromatic heterocycles. The maximum atomic E-state index is 12.9. The molecule has 2 aliphatic rings. The zero-order chi connectivity index (χ0) is 21.1. The lowest BCUT2D eigenvalue weighted by Gasteiger charge is -2.52. The highest BCUT2D eigenvalue weighted by molar-refractivity contribution is 5.92. The minimum atomic E-state index is -0.503. The molecule has 160 valence electrons. The van der Waals surface area contributed by atoms with Gasteiger partial charge >= 0.3 is 0 Å². The van der Waals surface area contributed by atoms with Gasteiger partial charge < -0.3 is 19.3 Å². The van der Waals surface area contributed by atoms with Crippen molar-refractivity contribution >= 4 is 11.8 Å². The molecular formula is C21H27N5O4. The topological polar surface area (TPSA) is 89.8 Å². The van der Waals surface area contributed by atoms with Gasteiger partial charge in [0.1, 0.15) is 5.69 Å². The van der Waals surface area contributed by atoms with E-state index in [1.165, 1.54) is 0 Å². The molecule has 2 saturated heterocycles. The summed E-state index contributed by atoms with van der Waals surface area (Å²) in [6.07, 6.45) is 6.07. The summed E-state index contributed by atoms with van der Waals surface area (Å²) in [6, 6.07) is 5.53. The number of pyridine rings is 1. The number of aromatic nitrogens is 3. The third-order valence-corrected chi connectivity index (χ3v) is 5.90. The Hall–Kier alpha value is -2.78. The van der Waals surface area contributed by atoms with Crippen LogP contribution in [0.2, 0.25) is 0 Å². The highest BCUT2D eigenvalue weighted by Gasteiger charge is 2.52. The summed E-state index contributed by atoms with van der Waals surface area (Å²) in [6.45, 7) is 2.04. The summed E-state index contributed by atoms with van der Waals surface area (Å²) in [7, 11) is 3.38. The van der Waals surface area contributed by atoms with Crippen LogP contribution in [0.4, 0.5) is 0 Å². The Balaban J connectivity index is 1.43. The van der Waals surface area contributed by atoms with Crippen molar-refractivity contribution in [3.63, 3.8) is 0 Å². The lowest BCUT2D eigenvalue weighted by Crippen LogP contribution is -2.65. The fourth-order valence-electron chi connectivity index (χ4n) is 4.30. The van der Waals surface area contributed by atoms with Crippen LogP contribution in [0.1, 0.15) is 34.9 Å². The molecule has 0 bridgehead atoms. The molecule has 0 saturated carbocycles. The Morgan fingerprint density at radius 2 is 1.87 bits per heavy atom. The molecule has 2 aromatic rings. The first-order valence-corrected chi connectivity index (χ1v) is 10.2. The molecule has 4 heterocycles. The number of rotatable bonds is 7. The number of carbonyl (C=O) groups is 2. The maximum absolute atomic E-state index is 12.9. The molecule has 2 amide bonds. The van der Waals surface area contributed by atoms with E-state index in [0.29, 0.717) is 32.0 Å². The van der Waals surface area contributed by atoms with Crippen molar-refractivity contribution in [2.24, 2.45) is 7.05 Å². The Kier molecular flexibility index (Phi) is 6.10. The molecule has 4 rings (SSSR count). The Bertz CT molecular complexity index is 879. The zero-order valence-corrected chi connectivity index (χ0v) is 17.3. The minimum absolute atomic E-state index is 0.00401. The third kappa shape index (κ3) is 3.82. The van der Waals surface area contributed by atoms with Crippen molar-refractivity contribution in [3.8, 4) is 0 Å². The van der Waals surface area contributed by atoms with Crippen LogP contribution in [0, 0.1) is 0 Å². The van der Waals surface area contributed by atoms with E-state index >= 15 is 0 Å². The monoisotopic (exact) mass is 413 g/mol. The van der Waals surface area contributed by atoms with Gasteiger partial charge in [-0.25, -0.2) is 0 Å². The number of amides is 2. The molecule has 0 spiro atoms. The van der Waals surface area contributed by atoms with Crippen LogP contribution in [-0.2, 0) is 21.3 Å². The second-order valence-corrected chi connectivity index (χ2v) is 7.62. The van der Waals surface area contributed by atoms with Crippen LogP contribution >= 0.6 is 0 Å². The van der Waals surface area contributed by atoms with Crippen LogP contribution in [0.3, 0.4) is 0 Å².